The van der Waals surface area contributed by atoms with Gasteiger partial charge in [0, 0.05) is 30.6 Å². The molecule has 0 spiro atoms. The minimum absolute atomic E-state index is 0.119. The number of likely N-dealkylation sites (tertiary alicyclic amines) is 1. The van der Waals surface area contributed by atoms with Gasteiger partial charge in [0.2, 0.25) is 11.8 Å². The van der Waals surface area contributed by atoms with Gasteiger partial charge in [0.15, 0.2) is 0 Å². The lowest BCUT2D eigenvalue weighted by Gasteiger charge is -2.30. The number of hydrogen-bond donors (Lipinski definition) is 2. The lowest BCUT2D eigenvalue weighted by Crippen LogP contribution is -2.41. The van der Waals surface area contributed by atoms with Gasteiger partial charge in [-0.3, -0.25) is 14.7 Å². The number of amides is 2. The molecular weight excluding hydrogens is 491 g/mol. The number of ether oxygens (including phenoxy) is 1. The molecule has 4 heterocycles. The van der Waals surface area contributed by atoms with Crippen LogP contribution in [0.15, 0.2) is 30.7 Å². The van der Waals surface area contributed by atoms with Crippen molar-refractivity contribution >= 4 is 29.1 Å². The van der Waals surface area contributed by atoms with Crippen LogP contribution in [0.5, 0.6) is 5.88 Å². The fourth-order valence-corrected chi connectivity index (χ4v) is 3.91. The van der Waals surface area contributed by atoms with E-state index in [0.717, 1.165) is 12.4 Å². The molecule has 2 N–H and O–H groups in total. The number of rotatable bonds is 7. The molecular formula is C21H21ClF3N7O3. The number of anilines is 1. The first kappa shape index (κ1) is 24.5. The molecule has 14 heteroatoms. The highest BCUT2D eigenvalue weighted by Gasteiger charge is 2.29. The van der Waals surface area contributed by atoms with E-state index in [9.17, 15) is 22.8 Å². The Morgan fingerprint density at radius 2 is 1.97 bits per heavy atom. The summed E-state index contributed by atoms with van der Waals surface area (Å²) in [6.45, 7) is 0.651. The highest BCUT2D eigenvalue weighted by molar-refractivity contribution is 6.33. The topological polar surface area (TPSA) is 118 Å². The van der Waals surface area contributed by atoms with Crippen molar-refractivity contribution in [3.63, 3.8) is 0 Å². The third kappa shape index (κ3) is 5.39. The van der Waals surface area contributed by atoms with Crippen molar-refractivity contribution in [2.24, 2.45) is 5.92 Å². The molecule has 4 rings (SSSR count). The van der Waals surface area contributed by atoms with Crippen molar-refractivity contribution in [3.05, 3.63) is 41.4 Å². The minimum atomic E-state index is -3.23. The molecule has 3 aromatic rings. The number of nitrogens with zero attached hydrogens (tertiary/aromatic N) is 5. The van der Waals surface area contributed by atoms with Crippen LogP contribution >= 0.6 is 11.6 Å². The third-order valence-corrected chi connectivity index (χ3v) is 5.91. The fourth-order valence-electron chi connectivity index (χ4n) is 3.71. The number of pyridine rings is 1. The summed E-state index contributed by atoms with van der Waals surface area (Å²) in [5, 5.41) is 13.3. The third-order valence-electron chi connectivity index (χ3n) is 5.61. The molecule has 0 bridgehead atoms. The number of carbonyl (C=O) groups is 2. The summed E-state index contributed by atoms with van der Waals surface area (Å²) in [4.78, 5) is 31.1. The number of methoxy groups -OCH3 is 1. The van der Waals surface area contributed by atoms with Crippen molar-refractivity contribution in [2.75, 3.05) is 25.5 Å². The van der Waals surface area contributed by atoms with Gasteiger partial charge < -0.3 is 15.0 Å². The smallest absolute Gasteiger partial charge is 0.289 e. The Balaban J connectivity index is 1.34. The van der Waals surface area contributed by atoms with Crippen LogP contribution in [0.3, 0.4) is 0 Å². The zero-order chi connectivity index (χ0) is 25.1. The number of aromatic amines is 1. The van der Waals surface area contributed by atoms with Crippen molar-refractivity contribution in [1.82, 2.24) is 29.9 Å². The van der Waals surface area contributed by atoms with Crippen LogP contribution in [0.1, 0.15) is 29.6 Å². The highest BCUT2D eigenvalue weighted by atomic mass is 35.5. The average Bonchev–Trinajstić information content (AvgIpc) is 3.53. The minimum Gasteiger partial charge on any atom is -0.481 e. The Labute approximate surface area is 202 Å². The lowest BCUT2D eigenvalue weighted by molar-refractivity contribution is -0.121. The van der Waals surface area contributed by atoms with Crippen molar-refractivity contribution < 1.29 is 27.5 Å². The van der Waals surface area contributed by atoms with Gasteiger partial charge in [-0.15, -0.1) is 0 Å². The number of carbonyl (C=O) groups excluding carboxylic acids is 2. The molecule has 1 aliphatic heterocycles. The van der Waals surface area contributed by atoms with Gasteiger partial charge in [-0.05, 0) is 18.9 Å². The predicted octanol–water partition coefficient (Wildman–Crippen LogP) is 3.55. The SMILES string of the molecule is COc1cc(-c2cc(C(=O)N3CCC(C(=O)Nc4cnn(C(F)C(F)F)c4)CC3)[nH]n2)c(Cl)cn1. The van der Waals surface area contributed by atoms with E-state index >= 15 is 0 Å². The molecule has 0 aliphatic carbocycles. The van der Waals surface area contributed by atoms with Crippen LogP contribution in [-0.4, -0.2) is 68.3 Å². The van der Waals surface area contributed by atoms with Gasteiger partial charge in [0.05, 0.1) is 42.1 Å². The molecule has 0 radical (unpaired) electrons. The van der Waals surface area contributed by atoms with Crippen LogP contribution in [-0.2, 0) is 4.79 Å². The molecule has 1 aliphatic rings. The maximum Gasteiger partial charge on any atom is 0.289 e. The van der Waals surface area contributed by atoms with Gasteiger partial charge >= 0.3 is 0 Å². The average molecular weight is 512 g/mol. The number of halogens is 4. The zero-order valence-electron chi connectivity index (χ0n) is 18.4. The highest BCUT2D eigenvalue weighted by Crippen LogP contribution is 2.29. The summed E-state index contributed by atoms with van der Waals surface area (Å²) in [5.41, 5.74) is 1.39. The molecule has 186 valence electrons. The van der Waals surface area contributed by atoms with Gasteiger partial charge in [0.25, 0.3) is 18.6 Å². The first-order chi connectivity index (χ1) is 16.8. The van der Waals surface area contributed by atoms with E-state index in [4.69, 9.17) is 16.3 Å². The van der Waals surface area contributed by atoms with E-state index in [-0.39, 0.29) is 23.2 Å². The number of H-pyrrole nitrogens is 1. The standard InChI is InChI=1S/C21H21ClF3N7O3/c1-35-17-6-13(14(22)9-26-17)15-7-16(30-29-15)21(34)31-4-2-11(3-5-31)20(33)28-12-8-27-32(10-12)19(25)18(23)24/h6-11,18-19H,2-5H2,1H3,(H,28,33)(H,29,30). The second kappa shape index (κ2) is 10.3. The van der Waals surface area contributed by atoms with Crippen molar-refractivity contribution in [1.29, 1.82) is 0 Å². The van der Waals surface area contributed by atoms with E-state index in [1.165, 1.54) is 13.3 Å². The molecule has 1 atom stereocenters. The van der Waals surface area contributed by atoms with Gasteiger partial charge in [-0.25, -0.2) is 22.8 Å². The van der Waals surface area contributed by atoms with Crippen molar-refractivity contribution in [3.8, 4) is 17.1 Å². The van der Waals surface area contributed by atoms with E-state index in [1.807, 2.05) is 0 Å². The summed E-state index contributed by atoms with van der Waals surface area (Å²) in [6.07, 6.45) is -1.49. The van der Waals surface area contributed by atoms with Crippen LogP contribution < -0.4 is 10.1 Å². The second-order valence-corrected chi connectivity index (χ2v) is 8.25. The van der Waals surface area contributed by atoms with Crippen LogP contribution in [0.4, 0.5) is 18.9 Å². The summed E-state index contributed by atoms with van der Waals surface area (Å²) >= 11 is 6.20. The van der Waals surface area contributed by atoms with Crippen LogP contribution in [0, 0.1) is 5.92 Å². The Morgan fingerprint density at radius 3 is 2.66 bits per heavy atom. The zero-order valence-corrected chi connectivity index (χ0v) is 19.2. The van der Waals surface area contributed by atoms with E-state index in [2.05, 4.69) is 25.6 Å². The van der Waals surface area contributed by atoms with Crippen molar-refractivity contribution in [2.45, 2.75) is 25.6 Å². The van der Waals surface area contributed by atoms with Crippen LogP contribution in [0.2, 0.25) is 5.02 Å². The Bertz CT molecular complexity index is 1210. The fraction of sp³-hybridized carbons (Fsp3) is 0.381. The number of hydrogen-bond acceptors (Lipinski definition) is 6. The van der Waals surface area contributed by atoms with E-state index in [0.29, 0.717) is 52.8 Å². The van der Waals surface area contributed by atoms with Gasteiger partial charge in [0.1, 0.15) is 5.69 Å². The molecule has 0 saturated carbocycles. The Morgan fingerprint density at radius 1 is 1.23 bits per heavy atom. The van der Waals surface area contributed by atoms with Crippen LogP contribution in [0.25, 0.3) is 11.3 Å². The number of piperidine rings is 1. The number of aromatic nitrogens is 5. The first-order valence-corrected chi connectivity index (χ1v) is 11.0. The molecule has 1 saturated heterocycles. The summed E-state index contributed by atoms with van der Waals surface area (Å²) in [6, 6.07) is 3.19. The molecule has 3 aromatic heterocycles. The molecule has 0 aromatic carbocycles. The summed E-state index contributed by atoms with van der Waals surface area (Å²) in [7, 11) is 1.48. The normalized spacial score (nSPS) is 15.3. The molecule has 2 amide bonds. The van der Waals surface area contributed by atoms with E-state index < -0.39 is 18.6 Å². The maximum absolute atomic E-state index is 13.4. The quantitative estimate of drug-likeness (QED) is 0.501. The van der Waals surface area contributed by atoms with Gasteiger partial charge in [-0.1, -0.05) is 11.6 Å². The summed E-state index contributed by atoms with van der Waals surface area (Å²) < 4.78 is 43.8. The first-order valence-electron chi connectivity index (χ1n) is 10.6. The Kier molecular flexibility index (Phi) is 7.24. The molecule has 1 unspecified atom stereocenters. The van der Waals surface area contributed by atoms with Gasteiger partial charge in [-0.2, -0.15) is 10.2 Å². The monoisotopic (exact) mass is 511 g/mol. The maximum atomic E-state index is 13.4. The lowest BCUT2D eigenvalue weighted by atomic mass is 9.95. The molecule has 1 fully saturated rings. The molecule has 35 heavy (non-hydrogen) atoms. The Hall–Kier alpha value is -3.61. The largest absolute Gasteiger partial charge is 0.481 e. The predicted molar refractivity (Wildman–Crippen MR) is 119 cm³/mol. The second-order valence-electron chi connectivity index (χ2n) is 7.85. The summed E-state index contributed by atoms with van der Waals surface area (Å²) in [5.74, 6) is -0.679. The number of alkyl halides is 3. The number of nitrogens with one attached hydrogen (secondary N) is 2. The van der Waals surface area contributed by atoms with E-state index in [1.54, 1.807) is 17.0 Å². The molecule has 10 nitrogen and oxygen atoms in total.